The number of unbranched alkanes of at least 4 members (excludes halogenated alkanes) is 3. The van der Waals surface area contributed by atoms with E-state index in [1.807, 2.05) is 60.7 Å². The third-order valence-corrected chi connectivity index (χ3v) is 4.62. The van der Waals surface area contributed by atoms with Crippen LogP contribution in [0.2, 0.25) is 0 Å². The van der Waals surface area contributed by atoms with Crippen molar-refractivity contribution in [3.8, 4) is 0 Å². The van der Waals surface area contributed by atoms with Gasteiger partial charge in [0.2, 0.25) is 0 Å². The standard InChI is InChI=1S/C25H27NO2/c1-2-3-4-11-20-28-25(27)21-16-18-24(19-17-21)26(22-12-7-5-8-13-22)23-14-9-6-10-15-23/h5-10,12-19H,2-4,11,20H2,1H3. The van der Waals surface area contributed by atoms with Crippen molar-refractivity contribution in [2.24, 2.45) is 0 Å². The van der Waals surface area contributed by atoms with Crippen LogP contribution in [0, 0.1) is 0 Å². The maximum absolute atomic E-state index is 12.3. The summed E-state index contributed by atoms with van der Waals surface area (Å²) in [6.45, 7) is 2.66. The first kappa shape index (κ1) is 19.7. The zero-order chi connectivity index (χ0) is 19.6. The van der Waals surface area contributed by atoms with Crippen LogP contribution in [0.25, 0.3) is 0 Å². The Morgan fingerprint density at radius 2 is 1.25 bits per heavy atom. The maximum atomic E-state index is 12.3. The molecule has 0 aromatic heterocycles. The number of ether oxygens (including phenoxy) is 1. The minimum absolute atomic E-state index is 0.256. The van der Waals surface area contributed by atoms with Crippen molar-refractivity contribution in [1.82, 2.24) is 0 Å². The third-order valence-electron chi connectivity index (χ3n) is 4.62. The Kier molecular flexibility index (Phi) is 7.25. The van der Waals surface area contributed by atoms with Crippen LogP contribution in [0.3, 0.4) is 0 Å². The zero-order valence-electron chi connectivity index (χ0n) is 16.4. The van der Waals surface area contributed by atoms with Crippen molar-refractivity contribution < 1.29 is 9.53 Å². The molecule has 3 nitrogen and oxygen atoms in total. The second-order valence-corrected chi connectivity index (χ2v) is 6.75. The number of para-hydroxylation sites is 2. The first-order chi connectivity index (χ1) is 13.8. The van der Waals surface area contributed by atoms with Crippen molar-refractivity contribution in [2.75, 3.05) is 11.5 Å². The Labute approximate surface area is 167 Å². The third kappa shape index (κ3) is 5.23. The number of hydrogen-bond acceptors (Lipinski definition) is 3. The van der Waals surface area contributed by atoms with E-state index in [9.17, 15) is 4.79 Å². The second kappa shape index (κ2) is 10.3. The van der Waals surface area contributed by atoms with E-state index in [1.165, 1.54) is 12.8 Å². The molecule has 0 N–H and O–H groups in total. The summed E-state index contributed by atoms with van der Waals surface area (Å²) >= 11 is 0. The average Bonchev–Trinajstić information content (AvgIpc) is 2.76. The molecule has 0 aliphatic heterocycles. The van der Waals surface area contributed by atoms with Crippen LogP contribution < -0.4 is 4.90 Å². The number of esters is 1. The Balaban J connectivity index is 1.75. The molecule has 0 bridgehead atoms. The molecular weight excluding hydrogens is 346 g/mol. The van der Waals surface area contributed by atoms with E-state index in [2.05, 4.69) is 36.1 Å². The smallest absolute Gasteiger partial charge is 0.338 e. The maximum Gasteiger partial charge on any atom is 0.338 e. The van der Waals surface area contributed by atoms with Gasteiger partial charge in [-0.05, 0) is 55.0 Å². The molecule has 3 aromatic rings. The summed E-state index contributed by atoms with van der Waals surface area (Å²) in [5.41, 5.74) is 3.72. The van der Waals surface area contributed by atoms with Crippen LogP contribution in [0.4, 0.5) is 17.1 Å². The van der Waals surface area contributed by atoms with Gasteiger partial charge in [-0.2, -0.15) is 0 Å². The Bertz CT molecular complexity index is 805. The second-order valence-electron chi connectivity index (χ2n) is 6.75. The minimum atomic E-state index is -0.256. The summed E-state index contributed by atoms with van der Waals surface area (Å²) in [4.78, 5) is 14.4. The van der Waals surface area contributed by atoms with Gasteiger partial charge in [-0.25, -0.2) is 4.79 Å². The lowest BCUT2D eigenvalue weighted by Gasteiger charge is -2.25. The quantitative estimate of drug-likeness (QED) is 0.302. The van der Waals surface area contributed by atoms with Crippen LogP contribution in [-0.2, 0) is 4.74 Å². The van der Waals surface area contributed by atoms with Gasteiger partial charge < -0.3 is 9.64 Å². The predicted molar refractivity (Wildman–Crippen MR) is 116 cm³/mol. The Hall–Kier alpha value is -3.07. The molecule has 0 unspecified atom stereocenters. The number of nitrogens with zero attached hydrogens (tertiary/aromatic N) is 1. The fourth-order valence-electron chi connectivity index (χ4n) is 3.12. The van der Waals surface area contributed by atoms with E-state index in [1.54, 1.807) is 0 Å². The van der Waals surface area contributed by atoms with Gasteiger partial charge in [0.1, 0.15) is 0 Å². The first-order valence-corrected chi connectivity index (χ1v) is 9.97. The zero-order valence-corrected chi connectivity index (χ0v) is 16.4. The van der Waals surface area contributed by atoms with Gasteiger partial charge in [0.25, 0.3) is 0 Å². The Morgan fingerprint density at radius 3 is 1.79 bits per heavy atom. The molecule has 0 fully saturated rings. The molecule has 28 heavy (non-hydrogen) atoms. The van der Waals surface area contributed by atoms with Crippen molar-refractivity contribution in [1.29, 1.82) is 0 Å². The van der Waals surface area contributed by atoms with E-state index in [-0.39, 0.29) is 5.97 Å². The molecule has 3 rings (SSSR count). The molecule has 144 valence electrons. The minimum Gasteiger partial charge on any atom is -0.462 e. The number of anilines is 3. The lowest BCUT2D eigenvalue weighted by molar-refractivity contribution is 0.0498. The van der Waals surface area contributed by atoms with Gasteiger partial charge >= 0.3 is 5.97 Å². The summed E-state index contributed by atoms with van der Waals surface area (Å²) in [5.74, 6) is -0.256. The van der Waals surface area contributed by atoms with Crippen molar-refractivity contribution in [2.45, 2.75) is 32.6 Å². The van der Waals surface area contributed by atoms with E-state index in [4.69, 9.17) is 4.74 Å². The number of rotatable bonds is 9. The highest BCUT2D eigenvalue weighted by atomic mass is 16.5. The molecule has 0 heterocycles. The first-order valence-electron chi connectivity index (χ1n) is 9.97. The van der Waals surface area contributed by atoms with Crippen LogP contribution in [0.15, 0.2) is 84.9 Å². The van der Waals surface area contributed by atoms with Crippen LogP contribution in [0.5, 0.6) is 0 Å². The summed E-state index contributed by atoms with van der Waals surface area (Å²) in [5, 5.41) is 0. The molecular formula is C25H27NO2. The predicted octanol–water partition coefficient (Wildman–Crippen LogP) is 6.89. The summed E-state index contributed by atoms with van der Waals surface area (Å²) in [7, 11) is 0. The highest BCUT2D eigenvalue weighted by molar-refractivity contribution is 5.90. The Morgan fingerprint density at radius 1 is 0.714 bits per heavy atom. The molecule has 0 aliphatic rings. The molecule has 3 aromatic carbocycles. The van der Waals surface area contributed by atoms with E-state index < -0.39 is 0 Å². The van der Waals surface area contributed by atoms with Crippen molar-refractivity contribution in [3.05, 3.63) is 90.5 Å². The molecule has 3 heteroatoms. The van der Waals surface area contributed by atoms with Crippen LogP contribution in [0.1, 0.15) is 43.0 Å². The van der Waals surface area contributed by atoms with Crippen LogP contribution >= 0.6 is 0 Å². The molecule has 0 spiro atoms. The monoisotopic (exact) mass is 373 g/mol. The largest absolute Gasteiger partial charge is 0.462 e. The molecule has 0 radical (unpaired) electrons. The summed E-state index contributed by atoms with van der Waals surface area (Å²) in [6, 6.07) is 28.0. The molecule has 0 saturated carbocycles. The topological polar surface area (TPSA) is 29.5 Å². The molecule has 0 saturated heterocycles. The summed E-state index contributed by atoms with van der Waals surface area (Å²) in [6.07, 6.45) is 4.38. The van der Waals surface area contributed by atoms with E-state index in [0.29, 0.717) is 12.2 Å². The number of carbonyl (C=O) groups excluding carboxylic acids is 1. The fourth-order valence-corrected chi connectivity index (χ4v) is 3.12. The number of carbonyl (C=O) groups is 1. The number of hydrogen-bond donors (Lipinski definition) is 0. The van der Waals surface area contributed by atoms with Gasteiger partial charge in [0.15, 0.2) is 0 Å². The van der Waals surface area contributed by atoms with Crippen molar-refractivity contribution in [3.63, 3.8) is 0 Å². The lowest BCUT2D eigenvalue weighted by atomic mass is 10.1. The van der Waals surface area contributed by atoms with Gasteiger partial charge in [-0.3, -0.25) is 0 Å². The van der Waals surface area contributed by atoms with Crippen LogP contribution in [-0.4, -0.2) is 12.6 Å². The highest BCUT2D eigenvalue weighted by Gasteiger charge is 2.13. The van der Waals surface area contributed by atoms with Gasteiger partial charge in [0.05, 0.1) is 12.2 Å². The molecule has 0 atom stereocenters. The number of benzene rings is 3. The molecule has 0 amide bonds. The molecule has 0 aliphatic carbocycles. The highest BCUT2D eigenvalue weighted by Crippen LogP contribution is 2.34. The van der Waals surface area contributed by atoms with Gasteiger partial charge in [0, 0.05) is 17.1 Å². The normalized spacial score (nSPS) is 10.5. The fraction of sp³-hybridized carbons (Fsp3) is 0.240. The van der Waals surface area contributed by atoms with E-state index in [0.717, 1.165) is 29.9 Å². The van der Waals surface area contributed by atoms with Gasteiger partial charge in [-0.1, -0.05) is 62.6 Å². The summed E-state index contributed by atoms with van der Waals surface area (Å²) < 4.78 is 5.39. The van der Waals surface area contributed by atoms with E-state index >= 15 is 0 Å². The van der Waals surface area contributed by atoms with Gasteiger partial charge in [-0.15, -0.1) is 0 Å². The van der Waals surface area contributed by atoms with Crippen molar-refractivity contribution >= 4 is 23.0 Å². The SMILES string of the molecule is CCCCCCOC(=O)c1ccc(N(c2ccccc2)c2ccccc2)cc1. The lowest BCUT2D eigenvalue weighted by Crippen LogP contribution is -2.11. The average molecular weight is 373 g/mol.